The Bertz CT molecular complexity index is 620. The predicted molar refractivity (Wildman–Crippen MR) is 68.8 cm³/mol. The van der Waals surface area contributed by atoms with E-state index in [1.54, 1.807) is 27.8 Å². The van der Waals surface area contributed by atoms with Gasteiger partial charge in [0, 0.05) is 13.2 Å². The van der Waals surface area contributed by atoms with Crippen LogP contribution < -0.4 is 0 Å². The standard InChI is InChI=1S/C12H17N5O2/c1-8-9(5-13-11-14-7-15-17(8)11)10(19)16(4)12(2,3)6-18/h5,7,18H,6H2,1-4H3. The summed E-state index contributed by atoms with van der Waals surface area (Å²) in [4.78, 5) is 22.0. The first-order valence-corrected chi connectivity index (χ1v) is 5.93. The first kappa shape index (κ1) is 13.4. The van der Waals surface area contributed by atoms with Crippen LogP contribution in [-0.2, 0) is 0 Å². The fourth-order valence-electron chi connectivity index (χ4n) is 1.66. The second kappa shape index (κ2) is 4.58. The first-order chi connectivity index (χ1) is 8.88. The van der Waals surface area contributed by atoms with E-state index in [-0.39, 0.29) is 12.5 Å². The van der Waals surface area contributed by atoms with Gasteiger partial charge in [0.25, 0.3) is 11.7 Å². The molecule has 19 heavy (non-hydrogen) atoms. The number of carbonyl (C=O) groups excluding carboxylic acids is 1. The molecule has 0 unspecified atom stereocenters. The van der Waals surface area contributed by atoms with Crippen molar-refractivity contribution < 1.29 is 9.90 Å². The first-order valence-electron chi connectivity index (χ1n) is 5.93. The van der Waals surface area contributed by atoms with Gasteiger partial charge in [0.1, 0.15) is 6.33 Å². The highest BCUT2D eigenvalue weighted by molar-refractivity contribution is 5.95. The van der Waals surface area contributed by atoms with Crippen molar-refractivity contribution in [2.45, 2.75) is 26.3 Å². The Balaban J connectivity index is 2.44. The molecule has 0 fully saturated rings. The fraction of sp³-hybridized carbons (Fsp3) is 0.500. The van der Waals surface area contributed by atoms with Crippen LogP contribution in [0, 0.1) is 6.92 Å². The van der Waals surface area contributed by atoms with E-state index in [9.17, 15) is 9.90 Å². The number of aliphatic hydroxyl groups excluding tert-OH is 1. The number of nitrogens with zero attached hydrogens (tertiary/aromatic N) is 5. The van der Waals surface area contributed by atoms with Gasteiger partial charge in [-0.2, -0.15) is 10.1 Å². The number of likely N-dealkylation sites (N-methyl/N-ethyl adjacent to an activating group) is 1. The topological polar surface area (TPSA) is 83.6 Å². The molecule has 0 spiro atoms. The molecule has 2 aromatic rings. The number of aliphatic hydroxyl groups is 1. The van der Waals surface area contributed by atoms with E-state index < -0.39 is 5.54 Å². The Morgan fingerprint density at radius 3 is 2.79 bits per heavy atom. The Hall–Kier alpha value is -2.02. The molecule has 102 valence electrons. The monoisotopic (exact) mass is 263 g/mol. The van der Waals surface area contributed by atoms with Gasteiger partial charge >= 0.3 is 0 Å². The number of aromatic nitrogens is 4. The molecule has 0 aliphatic heterocycles. The summed E-state index contributed by atoms with van der Waals surface area (Å²) in [6.07, 6.45) is 2.89. The van der Waals surface area contributed by atoms with E-state index in [0.29, 0.717) is 17.0 Å². The Morgan fingerprint density at radius 1 is 1.47 bits per heavy atom. The van der Waals surface area contributed by atoms with Crippen molar-refractivity contribution in [1.29, 1.82) is 0 Å². The van der Waals surface area contributed by atoms with Gasteiger partial charge in [0.2, 0.25) is 0 Å². The molecule has 2 aromatic heterocycles. The summed E-state index contributed by atoms with van der Waals surface area (Å²) in [5.74, 6) is 0.250. The zero-order valence-corrected chi connectivity index (χ0v) is 11.5. The summed E-state index contributed by atoms with van der Waals surface area (Å²) in [5, 5.41) is 13.4. The molecule has 0 atom stereocenters. The van der Waals surface area contributed by atoms with Gasteiger partial charge in [-0.3, -0.25) is 4.79 Å². The van der Waals surface area contributed by atoms with Gasteiger partial charge in [0.05, 0.1) is 23.4 Å². The van der Waals surface area contributed by atoms with Crippen LogP contribution in [0.15, 0.2) is 12.5 Å². The lowest BCUT2D eigenvalue weighted by atomic mass is 10.0. The summed E-state index contributed by atoms with van der Waals surface area (Å²) in [6.45, 7) is 5.26. The van der Waals surface area contributed by atoms with Crippen molar-refractivity contribution in [1.82, 2.24) is 24.5 Å². The lowest BCUT2D eigenvalue weighted by molar-refractivity contribution is 0.0471. The number of hydrogen-bond donors (Lipinski definition) is 1. The van der Waals surface area contributed by atoms with Crippen LogP contribution in [0.25, 0.3) is 5.78 Å². The van der Waals surface area contributed by atoms with Gasteiger partial charge < -0.3 is 10.0 Å². The Morgan fingerprint density at radius 2 is 2.16 bits per heavy atom. The summed E-state index contributed by atoms with van der Waals surface area (Å²) in [5.41, 5.74) is 0.482. The molecule has 7 nitrogen and oxygen atoms in total. The Labute approximate surface area is 110 Å². The maximum atomic E-state index is 12.4. The highest BCUT2D eigenvalue weighted by Crippen LogP contribution is 2.17. The van der Waals surface area contributed by atoms with Crippen molar-refractivity contribution in [3.8, 4) is 0 Å². The third kappa shape index (κ3) is 2.17. The molecule has 0 saturated carbocycles. The quantitative estimate of drug-likeness (QED) is 0.859. The molecule has 2 rings (SSSR count). The molecule has 7 heteroatoms. The molecular weight excluding hydrogens is 246 g/mol. The highest BCUT2D eigenvalue weighted by Gasteiger charge is 2.29. The van der Waals surface area contributed by atoms with Crippen LogP contribution >= 0.6 is 0 Å². The smallest absolute Gasteiger partial charge is 0.257 e. The van der Waals surface area contributed by atoms with Crippen LogP contribution in [0.2, 0.25) is 0 Å². The van der Waals surface area contributed by atoms with E-state index in [0.717, 1.165) is 0 Å². The second-order valence-corrected chi connectivity index (χ2v) is 5.06. The third-order valence-electron chi connectivity index (χ3n) is 3.38. The lowest BCUT2D eigenvalue weighted by Crippen LogP contribution is -2.48. The second-order valence-electron chi connectivity index (χ2n) is 5.06. The van der Waals surface area contributed by atoms with Crippen molar-refractivity contribution in [3.63, 3.8) is 0 Å². The van der Waals surface area contributed by atoms with Crippen molar-refractivity contribution in [2.75, 3.05) is 13.7 Å². The zero-order valence-electron chi connectivity index (χ0n) is 11.5. The number of aryl methyl sites for hydroxylation is 1. The highest BCUT2D eigenvalue weighted by atomic mass is 16.3. The largest absolute Gasteiger partial charge is 0.394 e. The van der Waals surface area contributed by atoms with E-state index in [1.165, 1.54) is 21.9 Å². The number of carbonyl (C=O) groups is 1. The van der Waals surface area contributed by atoms with Crippen molar-refractivity contribution in [2.24, 2.45) is 0 Å². The number of hydrogen-bond acceptors (Lipinski definition) is 5. The van der Waals surface area contributed by atoms with Crippen LogP contribution in [0.4, 0.5) is 0 Å². The number of rotatable bonds is 3. The van der Waals surface area contributed by atoms with E-state index >= 15 is 0 Å². The zero-order chi connectivity index (χ0) is 14.2. The van der Waals surface area contributed by atoms with Crippen LogP contribution in [0.3, 0.4) is 0 Å². The summed E-state index contributed by atoms with van der Waals surface area (Å²) in [7, 11) is 1.66. The maximum Gasteiger partial charge on any atom is 0.257 e. The molecule has 0 aromatic carbocycles. The van der Waals surface area contributed by atoms with Gasteiger partial charge in [-0.1, -0.05) is 0 Å². The molecule has 1 N–H and O–H groups in total. The molecule has 2 heterocycles. The van der Waals surface area contributed by atoms with Crippen LogP contribution in [-0.4, -0.2) is 54.7 Å². The average molecular weight is 263 g/mol. The molecule has 0 radical (unpaired) electrons. The van der Waals surface area contributed by atoms with Crippen LogP contribution in [0.1, 0.15) is 29.9 Å². The molecule has 0 saturated heterocycles. The Kier molecular flexibility index (Phi) is 3.23. The molecule has 0 aliphatic rings. The molecule has 1 amide bonds. The van der Waals surface area contributed by atoms with Crippen molar-refractivity contribution >= 4 is 11.7 Å². The van der Waals surface area contributed by atoms with E-state index in [2.05, 4.69) is 15.1 Å². The van der Waals surface area contributed by atoms with Gasteiger partial charge in [-0.25, -0.2) is 9.50 Å². The van der Waals surface area contributed by atoms with Gasteiger partial charge in [0.15, 0.2) is 0 Å². The number of fused-ring (bicyclic) bond motifs is 1. The lowest BCUT2D eigenvalue weighted by Gasteiger charge is -2.34. The van der Waals surface area contributed by atoms with Crippen LogP contribution in [0.5, 0.6) is 0 Å². The SMILES string of the molecule is Cc1c(C(=O)N(C)C(C)(C)CO)cnc2ncnn12. The minimum absolute atomic E-state index is 0.118. The molecule has 0 bridgehead atoms. The number of amides is 1. The molecular formula is C12H17N5O2. The molecule has 0 aliphatic carbocycles. The fourth-order valence-corrected chi connectivity index (χ4v) is 1.66. The van der Waals surface area contributed by atoms with Crippen molar-refractivity contribution in [3.05, 3.63) is 23.8 Å². The third-order valence-corrected chi connectivity index (χ3v) is 3.38. The summed E-state index contributed by atoms with van der Waals surface area (Å²) in [6, 6.07) is 0. The summed E-state index contributed by atoms with van der Waals surface area (Å²) < 4.78 is 1.52. The van der Waals surface area contributed by atoms with Gasteiger partial charge in [-0.05, 0) is 20.8 Å². The predicted octanol–water partition coefficient (Wildman–Crippen LogP) is 0.276. The maximum absolute atomic E-state index is 12.4. The average Bonchev–Trinajstić information content (AvgIpc) is 2.86. The minimum Gasteiger partial charge on any atom is -0.394 e. The minimum atomic E-state index is -0.638. The summed E-state index contributed by atoms with van der Waals surface area (Å²) >= 11 is 0. The van der Waals surface area contributed by atoms with E-state index in [4.69, 9.17) is 0 Å². The van der Waals surface area contributed by atoms with E-state index in [1.807, 2.05) is 0 Å². The van der Waals surface area contributed by atoms with Gasteiger partial charge in [-0.15, -0.1) is 0 Å². The normalized spacial score (nSPS) is 11.8.